The zero-order chi connectivity index (χ0) is 8.15. The lowest BCUT2D eigenvalue weighted by molar-refractivity contribution is -0.132. The minimum atomic E-state index is -1.02. The van der Waals surface area contributed by atoms with Gasteiger partial charge in [-0.15, -0.1) is 0 Å². The summed E-state index contributed by atoms with van der Waals surface area (Å²) in [6, 6.07) is 0. The fourth-order valence-corrected chi connectivity index (χ4v) is 0.394. The van der Waals surface area contributed by atoms with Crippen molar-refractivity contribution in [3.8, 4) is 0 Å². The fourth-order valence-electron chi connectivity index (χ4n) is 0.262. The number of hydrogen-bond acceptors (Lipinski definition) is 1. The van der Waals surface area contributed by atoms with Gasteiger partial charge in [0.1, 0.15) is 0 Å². The van der Waals surface area contributed by atoms with Gasteiger partial charge in [0.25, 0.3) is 0 Å². The Morgan fingerprint density at radius 2 is 1.90 bits per heavy atom. The van der Waals surface area contributed by atoms with E-state index in [4.69, 9.17) is 5.11 Å². The molecular formula is C7H7BrO2. The quantitative estimate of drug-likeness (QED) is 0.563. The van der Waals surface area contributed by atoms with Gasteiger partial charge in [0.05, 0.1) is 5.57 Å². The van der Waals surface area contributed by atoms with Gasteiger partial charge in [-0.1, -0.05) is 29.1 Å². The molecule has 10 heavy (non-hydrogen) atoms. The molecule has 0 aliphatic carbocycles. The van der Waals surface area contributed by atoms with Gasteiger partial charge in [-0.05, 0) is 12.2 Å². The van der Waals surface area contributed by atoms with E-state index in [1.807, 2.05) is 0 Å². The van der Waals surface area contributed by atoms with Crippen molar-refractivity contribution in [2.24, 2.45) is 0 Å². The predicted molar refractivity (Wildman–Crippen MR) is 44.0 cm³/mol. The summed E-state index contributed by atoms with van der Waals surface area (Å²) in [4.78, 5) is 10.1. The zero-order valence-corrected chi connectivity index (χ0v) is 6.89. The van der Waals surface area contributed by atoms with Gasteiger partial charge in [-0.2, -0.15) is 0 Å². The van der Waals surface area contributed by atoms with Crippen molar-refractivity contribution >= 4 is 21.9 Å². The zero-order valence-electron chi connectivity index (χ0n) is 5.30. The molecule has 0 bridgehead atoms. The Morgan fingerprint density at radius 1 is 1.40 bits per heavy atom. The standard InChI is InChI=1S/C7H7BrO2/c1-5(7(9)10)3-4-6(2)8/h3-4H,1-2H2,(H,9,10)/b4-3-. The SMILES string of the molecule is C=C(Br)/C=C\C(=C)C(=O)O. The lowest BCUT2D eigenvalue weighted by Crippen LogP contribution is -1.94. The highest BCUT2D eigenvalue weighted by molar-refractivity contribution is 9.11. The minimum Gasteiger partial charge on any atom is -0.478 e. The van der Waals surface area contributed by atoms with Crippen LogP contribution in [0.1, 0.15) is 0 Å². The normalized spacial score (nSPS) is 9.70. The Hall–Kier alpha value is -0.830. The molecular weight excluding hydrogens is 196 g/mol. The third-order valence-corrected chi connectivity index (χ3v) is 1.00. The first-order valence-corrected chi connectivity index (χ1v) is 3.28. The van der Waals surface area contributed by atoms with Crippen LogP contribution in [-0.4, -0.2) is 11.1 Å². The molecule has 0 radical (unpaired) electrons. The second-order valence-corrected chi connectivity index (χ2v) is 2.63. The Kier molecular flexibility index (Phi) is 3.72. The van der Waals surface area contributed by atoms with Gasteiger partial charge < -0.3 is 5.11 Å². The maximum atomic E-state index is 10.1. The smallest absolute Gasteiger partial charge is 0.335 e. The van der Waals surface area contributed by atoms with E-state index in [-0.39, 0.29) is 5.57 Å². The molecule has 0 unspecified atom stereocenters. The van der Waals surface area contributed by atoms with E-state index in [2.05, 4.69) is 29.1 Å². The third-order valence-electron chi connectivity index (χ3n) is 0.740. The van der Waals surface area contributed by atoms with Crippen LogP contribution < -0.4 is 0 Å². The first kappa shape index (κ1) is 9.17. The van der Waals surface area contributed by atoms with Crippen molar-refractivity contribution in [2.45, 2.75) is 0 Å². The second kappa shape index (κ2) is 4.06. The molecule has 0 fully saturated rings. The number of carboxylic acid groups (broad SMARTS) is 1. The molecule has 0 aromatic rings. The topological polar surface area (TPSA) is 37.3 Å². The summed E-state index contributed by atoms with van der Waals surface area (Å²) in [5.41, 5.74) is 0.0422. The summed E-state index contributed by atoms with van der Waals surface area (Å²) in [5, 5.41) is 8.30. The average molecular weight is 203 g/mol. The monoisotopic (exact) mass is 202 g/mol. The van der Waals surface area contributed by atoms with Gasteiger partial charge >= 0.3 is 5.97 Å². The molecule has 0 amide bonds. The molecule has 2 nitrogen and oxygen atoms in total. The summed E-state index contributed by atoms with van der Waals surface area (Å²) < 4.78 is 0.620. The number of hydrogen-bond donors (Lipinski definition) is 1. The molecule has 0 saturated carbocycles. The van der Waals surface area contributed by atoms with Crippen molar-refractivity contribution in [1.82, 2.24) is 0 Å². The van der Waals surface area contributed by atoms with Crippen LogP contribution >= 0.6 is 15.9 Å². The van der Waals surface area contributed by atoms with Crippen LogP contribution in [0.2, 0.25) is 0 Å². The largest absolute Gasteiger partial charge is 0.478 e. The summed E-state index contributed by atoms with van der Waals surface area (Å²) in [6.45, 7) is 6.76. The Labute approximate surface area is 67.7 Å². The van der Waals surface area contributed by atoms with E-state index in [0.717, 1.165) is 0 Å². The van der Waals surface area contributed by atoms with E-state index in [1.54, 1.807) is 0 Å². The number of rotatable bonds is 3. The Balaban J connectivity index is 4.03. The van der Waals surface area contributed by atoms with Crippen LogP contribution in [-0.2, 0) is 4.79 Å². The van der Waals surface area contributed by atoms with E-state index >= 15 is 0 Å². The van der Waals surface area contributed by atoms with Crippen molar-refractivity contribution < 1.29 is 9.90 Å². The molecule has 3 heteroatoms. The highest BCUT2D eigenvalue weighted by atomic mass is 79.9. The van der Waals surface area contributed by atoms with Crippen molar-refractivity contribution in [3.63, 3.8) is 0 Å². The number of halogens is 1. The van der Waals surface area contributed by atoms with Gasteiger partial charge in [0, 0.05) is 4.48 Å². The summed E-state index contributed by atoms with van der Waals surface area (Å²) in [5.74, 6) is -1.02. The van der Waals surface area contributed by atoms with E-state index in [9.17, 15) is 4.79 Å². The number of carboxylic acids is 1. The van der Waals surface area contributed by atoms with Crippen molar-refractivity contribution in [1.29, 1.82) is 0 Å². The average Bonchev–Trinajstić information content (AvgIpc) is 1.82. The van der Waals surface area contributed by atoms with Gasteiger partial charge in [0.15, 0.2) is 0 Å². The molecule has 0 atom stereocenters. The summed E-state index contributed by atoms with van der Waals surface area (Å²) in [7, 11) is 0. The van der Waals surface area contributed by atoms with Crippen molar-refractivity contribution in [2.75, 3.05) is 0 Å². The van der Waals surface area contributed by atoms with E-state index in [1.165, 1.54) is 12.2 Å². The summed E-state index contributed by atoms with van der Waals surface area (Å²) in [6.07, 6.45) is 2.90. The molecule has 0 aromatic heterocycles. The molecule has 0 aromatic carbocycles. The van der Waals surface area contributed by atoms with Gasteiger partial charge in [0.2, 0.25) is 0 Å². The highest BCUT2D eigenvalue weighted by Crippen LogP contribution is 2.04. The number of aliphatic carboxylic acids is 1. The molecule has 0 saturated heterocycles. The van der Waals surface area contributed by atoms with Crippen LogP contribution in [0.25, 0.3) is 0 Å². The van der Waals surface area contributed by atoms with Gasteiger partial charge in [-0.25, -0.2) is 4.79 Å². The fraction of sp³-hybridized carbons (Fsp3) is 0. The number of allylic oxidation sites excluding steroid dienone is 2. The second-order valence-electron chi connectivity index (χ2n) is 1.61. The first-order chi connectivity index (χ1) is 4.54. The van der Waals surface area contributed by atoms with Gasteiger partial charge in [-0.3, -0.25) is 0 Å². The van der Waals surface area contributed by atoms with E-state index < -0.39 is 5.97 Å². The summed E-state index contributed by atoms with van der Waals surface area (Å²) >= 11 is 3.04. The van der Waals surface area contributed by atoms with Crippen LogP contribution in [0.4, 0.5) is 0 Å². The molecule has 0 aliphatic rings. The maximum Gasteiger partial charge on any atom is 0.335 e. The molecule has 0 aliphatic heterocycles. The third kappa shape index (κ3) is 4.09. The maximum absolute atomic E-state index is 10.1. The van der Waals surface area contributed by atoms with Crippen LogP contribution in [0.15, 0.2) is 35.4 Å². The minimum absolute atomic E-state index is 0.0422. The van der Waals surface area contributed by atoms with Crippen LogP contribution in [0.5, 0.6) is 0 Å². The molecule has 0 spiro atoms. The van der Waals surface area contributed by atoms with E-state index in [0.29, 0.717) is 4.48 Å². The van der Waals surface area contributed by atoms with Crippen LogP contribution in [0, 0.1) is 0 Å². The molecule has 54 valence electrons. The molecule has 1 N–H and O–H groups in total. The molecule has 0 rings (SSSR count). The Bertz CT molecular complexity index is 204. The number of carbonyl (C=O) groups is 1. The van der Waals surface area contributed by atoms with Crippen molar-refractivity contribution in [3.05, 3.63) is 35.4 Å². The highest BCUT2D eigenvalue weighted by Gasteiger charge is 1.96. The molecule has 0 heterocycles. The predicted octanol–water partition coefficient (Wildman–Crippen LogP) is 2.09. The Morgan fingerprint density at radius 3 is 2.20 bits per heavy atom. The lowest BCUT2D eigenvalue weighted by Gasteiger charge is -1.87. The van der Waals surface area contributed by atoms with Crippen LogP contribution in [0.3, 0.4) is 0 Å². The first-order valence-electron chi connectivity index (χ1n) is 2.48. The lowest BCUT2D eigenvalue weighted by atomic mass is 10.3.